The van der Waals surface area contributed by atoms with Gasteiger partial charge in [-0.25, -0.2) is 0 Å². The fourth-order valence-electron chi connectivity index (χ4n) is 22.8. The molecule has 0 saturated heterocycles. The van der Waals surface area contributed by atoms with Crippen LogP contribution in [0, 0.1) is 0 Å². The molecule has 3 aliphatic heterocycles. The highest BCUT2D eigenvalue weighted by Crippen LogP contribution is 2.47. The van der Waals surface area contributed by atoms with Gasteiger partial charge in [0.05, 0.1) is 16.6 Å². The van der Waals surface area contributed by atoms with Crippen LogP contribution in [0.25, 0.3) is 215 Å². The van der Waals surface area contributed by atoms with Crippen molar-refractivity contribution < 1.29 is 0 Å². The molecule has 3 aromatic heterocycles. The lowest BCUT2D eigenvalue weighted by atomic mass is 9.91. The van der Waals surface area contributed by atoms with Crippen LogP contribution in [0.1, 0.15) is 0 Å². The maximum Gasteiger partial charge on any atom is 0.113 e. The number of hydrogen-bond donors (Lipinski definition) is 0. The first kappa shape index (κ1) is 78.7. The van der Waals surface area contributed by atoms with Gasteiger partial charge in [-0.05, 0) is 264 Å². The van der Waals surface area contributed by atoms with Crippen LogP contribution in [0.15, 0.2) is 455 Å². The summed E-state index contributed by atoms with van der Waals surface area (Å²) in [6.45, 7) is 15.0. The maximum absolute atomic E-state index is 2.50. The molecule has 6 heteroatoms. The van der Waals surface area contributed by atoms with E-state index in [1.807, 2.05) is 0 Å². The highest BCUT2D eigenvalue weighted by molar-refractivity contribution is 7.05. The van der Waals surface area contributed by atoms with Gasteiger partial charge in [-0.2, -0.15) is 0 Å². The van der Waals surface area contributed by atoms with Crippen LogP contribution in [0.4, 0.5) is 0 Å². The van der Waals surface area contributed by atoms with Gasteiger partial charge < -0.3 is 13.7 Å². The first-order valence-electron chi connectivity index (χ1n) is 46.3. The zero-order valence-electron chi connectivity index (χ0n) is 74.6. The Kier molecular flexibility index (Phi) is 18.4. The van der Waals surface area contributed by atoms with E-state index in [0.717, 1.165) is 0 Å². The number of nitrogens with zero attached hydrogens (tertiary/aromatic N) is 3. The smallest absolute Gasteiger partial charge is 0.113 e. The van der Waals surface area contributed by atoms with Crippen molar-refractivity contribution in [2.24, 2.45) is 0 Å². The van der Waals surface area contributed by atoms with E-state index in [0.29, 0.717) is 0 Å². The first-order valence-corrected chi connectivity index (χ1v) is 55.3. The van der Waals surface area contributed by atoms with Gasteiger partial charge in [0.2, 0.25) is 0 Å². The minimum atomic E-state index is -1.85. The number of aromatic nitrogens is 3. The Hall–Kier alpha value is -15.5. The van der Waals surface area contributed by atoms with Gasteiger partial charge in [0, 0.05) is 68.5 Å². The van der Waals surface area contributed by atoms with Gasteiger partial charge in [0.1, 0.15) is 24.2 Å². The van der Waals surface area contributed by atoms with Gasteiger partial charge in [-0.1, -0.05) is 391 Å². The third-order valence-electron chi connectivity index (χ3n) is 29.5. The van der Waals surface area contributed by atoms with E-state index >= 15 is 0 Å². The molecule has 624 valence electrons. The molecule has 132 heavy (non-hydrogen) atoms. The van der Waals surface area contributed by atoms with E-state index < -0.39 is 24.2 Å². The lowest BCUT2D eigenvalue weighted by Gasteiger charge is -2.19. The standard InChI is InChI=1S/C50H35NSi.C42H31NSi.C34H27NSi/c1-52(2)49-22-12-11-21-42(49)43-25-24-35(30-50(43)52)51-31-47(45-28-33-14-4-6-16-37(33)39-18-8-10-20-41(39)45)46-29-34(23-26-48(46)51)44-27-32-13-3-5-15-36(32)38-17-7-9-19-40(38)44;1-44(2)41-20-8-7-17-36(41)37-23-22-31(26-42(37)44)43-27-39(35-19-10-14-29-12-4-6-16-33(29)35)38-25-30(21-24-40(38)43)34-18-9-13-28-11-3-5-15-32(28)34;1-36(2)33-16-10-9-15-28(33)29-19-18-27(22-34(29)36)35-23-31(25-13-7-4-8-14-25)30-21-26(17-20-32(30)35)24-11-5-3-6-12-24/h3-31H,1-2H3;3-27H,1-2H3;3-23H,1-2H3. The number of rotatable bonds is 9. The quantitative estimate of drug-likeness (QED) is 0.101. The second-order valence-corrected chi connectivity index (χ2v) is 50.8. The molecule has 27 rings (SSSR count). The van der Waals surface area contributed by atoms with E-state index in [-0.39, 0.29) is 0 Å². The molecule has 24 aromatic rings. The van der Waals surface area contributed by atoms with Gasteiger partial charge in [-0.3, -0.25) is 0 Å². The van der Waals surface area contributed by atoms with Crippen LogP contribution in [0.5, 0.6) is 0 Å². The van der Waals surface area contributed by atoms with E-state index in [4.69, 9.17) is 0 Å². The molecule has 0 N–H and O–H groups in total. The molecule has 0 amide bonds. The molecule has 6 heterocycles. The minimum absolute atomic E-state index is 1.22. The van der Waals surface area contributed by atoms with Crippen LogP contribution >= 0.6 is 0 Å². The summed E-state index contributed by atoms with van der Waals surface area (Å²) >= 11 is 0. The predicted molar refractivity (Wildman–Crippen MR) is 574 cm³/mol. The van der Waals surface area contributed by atoms with Crippen LogP contribution in [0.2, 0.25) is 39.3 Å². The van der Waals surface area contributed by atoms with Crippen molar-refractivity contribution in [2.75, 3.05) is 0 Å². The minimum Gasteiger partial charge on any atom is -0.316 e. The molecule has 3 aliphatic rings. The molecule has 0 atom stereocenters. The Labute approximate surface area is 772 Å². The lowest BCUT2D eigenvalue weighted by Crippen LogP contribution is -2.49. The molecular formula is C126H93N3Si3. The molecular weight excluding hydrogens is 1640 g/mol. The monoisotopic (exact) mass is 1730 g/mol. The Morgan fingerprint density at radius 3 is 0.917 bits per heavy atom. The Bertz CT molecular complexity index is 8870. The molecule has 0 bridgehead atoms. The fraction of sp³-hybridized carbons (Fsp3) is 0.0476. The summed E-state index contributed by atoms with van der Waals surface area (Å²) < 4.78 is 7.26. The van der Waals surface area contributed by atoms with Crippen molar-refractivity contribution in [1.82, 2.24) is 13.7 Å². The average Bonchev–Trinajstić information content (AvgIpc) is 1.58. The molecule has 3 nitrogen and oxygen atoms in total. The van der Waals surface area contributed by atoms with Crippen molar-refractivity contribution in [2.45, 2.75) is 39.3 Å². The topological polar surface area (TPSA) is 14.8 Å². The van der Waals surface area contributed by atoms with Gasteiger partial charge in [0.25, 0.3) is 0 Å². The molecule has 0 spiro atoms. The van der Waals surface area contributed by atoms with Gasteiger partial charge >= 0.3 is 0 Å². The normalized spacial score (nSPS) is 13.4. The second-order valence-electron chi connectivity index (χ2n) is 37.8. The number of benzene rings is 21. The SMILES string of the molecule is C[Si]1(C)c2ccccc2-c2ccc(-n3cc(-c4cc5ccccc5c5ccccc45)c4cc(-c5cc6ccccc6c6ccccc56)ccc43)cc21.C[Si]1(C)c2ccccc2-c2ccc(-n3cc(-c4cccc5ccccc45)c4cc(-c5cccc6ccccc56)ccc43)cc21.C[Si]1(C)c2ccccc2-c2ccc(-n3cc(-c4ccccc4)c4cc(-c5ccccc5)ccc43)cc21. The molecule has 0 saturated carbocycles. The first-order chi connectivity index (χ1) is 64.7. The second kappa shape index (κ2) is 30.8. The summed E-state index contributed by atoms with van der Waals surface area (Å²) in [5, 5.41) is 28.4. The fourth-order valence-corrected chi connectivity index (χ4v) is 32.1. The largest absolute Gasteiger partial charge is 0.316 e. The van der Waals surface area contributed by atoms with E-state index in [1.165, 1.54) is 235 Å². The molecule has 0 radical (unpaired) electrons. The summed E-state index contributed by atoms with van der Waals surface area (Å²) in [6.07, 6.45) is 7.10. The summed E-state index contributed by atoms with van der Waals surface area (Å²) in [5.41, 5.74) is 30.9. The van der Waals surface area contributed by atoms with Crippen LogP contribution in [-0.2, 0) is 0 Å². The van der Waals surface area contributed by atoms with Crippen molar-refractivity contribution in [3.8, 4) is 117 Å². The van der Waals surface area contributed by atoms with E-state index in [9.17, 15) is 0 Å². The average molecular weight is 1730 g/mol. The lowest BCUT2D eigenvalue weighted by molar-refractivity contribution is 1.13. The molecule has 0 aliphatic carbocycles. The Morgan fingerprint density at radius 1 is 0.144 bits per heavy atom. The summed E-state index contributed by atoms with van der Waals surface area (Å²) in [5.74, 6) is 0. The predicted octanol–water partition coefficient (Wildman–Crippen LogP) is 30.2. The zero-order chi connectivity index (χ0) is 88.2. The third kappa shape index (κ3) is 12.6. The van der Waals surface area contributed by atoms with Crippen LogP contribution in [0.3, 0.4) is 0 Å². The molecule has 0 fully saturated rings. The molecule has 21 aromatic carbocycles. The summed E-state index contributed by atoms with van der Waals surface area (Å²) in [4.78, 5) is 0. The zero-order valence-corrected chi connectivity index (χ0v) is 77.6. The van der Waals surface area contributed by atoms with Crippen molar-refractivity contribution in [1.29, 1.82) is 0 Å². The molecule has 0 unspecified atom stereocenters. The van der Waals surface area contributed by atoms with Crippen molar-refractivity contribution in [3.63, 3.8) is 0 Å². The number of fused-ring (bicyclic) bond motifs is 20. The highest BCUT2D eigenvalue weighted by Gasteiger charge is 2.41. The van der Waals surface area contributed by atoms with Crippen molar-refractivity contribution in [3.05, 3.63) is 455 Å². The summed E-state index contributed by atoms with van der Waals surface area (Å²) in [6, 6.07) is 162. The maximum atomic E-state index is 2.50. The van der Waals surface area contributed by atoms with Gasteiger partial charge in [-0.15, -0.1) is 0 Å². The van der Waals surface area contributed by atoms with E-state index in [2.05, 4.69) is 508 Å². The summed E-state index contributed by atoms with van der Waals surface area (Å²) in [7, 11) is -5.39. The Balaban J connectivity index is 0.000000108. The van der Waals surface area contributed by atoms with Crippen molar-refractivity contribution >= 4 is 153 Å². The van der Waals surface area contributed by atoms with Crippen LogP contribution in [-0.4, -0.2) is 37.9 Å². The highest BCUT2D eigenvalue weighted by atomic mass is 28.3. The van der Waals surface area contributed by atoms with E-state index in [1.54, 1.807) is 10.4 Å². The van der Waals surface area contributed by atoms with Crippen LogP contribution < -0.4 is 31.1 Å². The van der Waals surface area contributed by atoms with Gasteiger partial charge in [0.15, 0.2) is 0 Å². The Morgan fingerprint density at radius 2 is 0.447 bits per heavy atom. The number of hydrogen-bond acceptors (Lipinski definition) is 0. The third-order valence-corrected chi connectivity index (χ3v) is 40.1.